The molecule has 1 saturated heterocycles. The number of aromatic nitrogens is 1. The van der Waals surface area contributed by atoms with Crippen LogP contribution in [0.15, 0.2) is 78.6 Å². The molecule has 150 valence electrons. The van der Waals surface area contributed by atoms with E-state index < -0.39 is 23.5 Å². The van der Waals surface area contributed by atoms with Crippen LogP contribution in [-0.4, -0.2) is 26.7 Å². The molecule has 1 aromatic heterocycles. The van der Waals surface area contributed by atoms with E-state index in [0.29, 0.717) is 16.1 Å². The third-order valence-corrected chi connectivity index (χ3v) is 5.17. The Bertz CT molecular complexity index is 1130. The fourth-order valence-corrected chi connectivity index (χ4v) is 3.61. The van der Waals surface area contributed by atoms with Crippen molar-refractivity contribution in [3.63, 3.8) is 0 Å². The van der Waals surface area contributed by atoms with Gasteiger partial charge in [-0.15, -0.1) is 0 Å². The Labute approximate surface area is 177 Å². The summed E-state index contributed by atoms with van der Waals surface area (Å²) in [5.74, 6) is -2.31. The number of rotatable bonds is 4. The number of hydrogen-bond acceptors (Lipinski definition) is 4. The lowest BCUT2D eigenvalue weighted by molar-refractivity contribution is -0.140. The normalized spacial score (nSPS) is 18.1. The minimum absolute atomic E-state index is 0.0576. The molecule has 0 saturated carbocycles. The minimum Gasteiger partial charge on any atom is -0.507 e. The number of likely N-dealkylation sites (tertiary alicyclic amines) is 1. The second-order valence-electron chi connectivity index (χ2n) is 6.85. The van der Waals surface area contributed by atoms with Gasteiger partial charge in [-0.25, -0.2) is 4.39 Å². The van der Waals surface area contributed by atoms with Crippen molar-refractivity contribution in [3.05, 3.63) is 106 Å². The predicted octanol–water partition coefficient (Wildman–Crippen LogP) is 4.50. The first-order valence-electron chi connectivity index (χ1n) is 9.14. The van der Waals surface area contributed by atoms with Crippen molar-refractivity contribution in [2.75, 3.05) is 0 Å². The zero-order chi connectivity index (χ0) is 21.3. The van der Waals surface area contributed by atoms with Crippen molar-refractivity contribution in [2.45, 2.75) is 12.6 Å². The van der Waals surface area contributed by atoms with Crippen LogP contribution < -0.4 is 0 Å². The van der Waals surface area contributed by atoms with Crippen molar-refractivity contribution >= 4 is 29.1 Å². The summed E-state index contributed by atoms with van der Waals surface area (Å²) in [5, 5.41) is 11.4. The van der Waals surface area contributed by atoms with Crippen LogP contribution in [0.4, 0.5) is 4.39 Å². The minimum atomic E-state index is -0.874. The molecular weight excluding hydrogens is 407 g/mol. The molecule has 0 radical (unpaired) electrons. The molecule has 0 spiro atoms. The van der Waals surface area contributed by atoms with E-state index in [1.165, 1.54) is 29.2 Å². The second kappa shape index (κ2) is 8.08. The number of nitrogens with zero attached hydrogens (tertiary/aromatic N) is 2. The number of halogens is 2. The number of Topliss-reactive ketones (excluding diaryl/α,β-unsaturated/α-hetero) is 1. The van der Waals surface area contributed by atoms with Crippen molar-refractivity contribution < 1.29 is 19.1 Å². The Balaban J connectivity index is 1.85. The first-order valence-corrected chi connectivity index (χ1v) is 9.52. The van der Waals surface area contributed by atoms with Gasteiger partial charge in [0.1, 0.15) is 11.6 Å². The van der Waals surface area contributed by atoms with Gasteiger partial charge in [0.25, 0.3) is 11.7 Å². The Kier molecular flexibility index (Phi) is 5.33. The maximum atomic E-state index is 13.5. The largest absolute Gasteiger partial charge is 0.507 e. The number of ketones is 1. The maximum absolute atomic E-state index is 13.5. The van der Waals surface area contributed by atoms with Gasteiger partial charge in [0.05, 0.1) is 11.6 Å². The number of pyridine rings is 1. The summed E-state index contributed by atoms with van der Waals surface area (Å²) in [4.78, 5) is 31.2. The molecule has 4 rings (SSSR count). The van der Waals surface area contributed by atoms with Gasteiger partial charge < -0.3 is 10.0 Å². The van der Waals surface area contributed by atoms with Crippen molar-refractivity contribution in [2.24, 2.45) is 0 Å². The van der Waals surface area contributed by atoms with Crippen LogP contribution >= 0.6 is 11.6 Å². The van der Waals surface area contributed by atoms with E-state index >= 15 is 0 Å². The summed E-state index contributed by atoms with van der Waals surface area (Å²) >= 11 is 5.91. The second-order valence-corrected chi connectivity index (χ2v) is 7.28. The van der Waals surface area contributed by atoms with Crippen LogP contribution in [0.3, 0.4) is 0 Å². The Morgan fingerprint density at radius 3 is 2.40 bits per heavy atom. The predicted molar refractivity (Wildman–Crippen MR) is 110 cm³/mol. The number of benzene rings is 2. The first kappa shape index (κ1) is 19.8. The molecular formula is C23H16ClFN2O3. The molecule has 0 aliphatic carbocycles. The number of carbonyl (C=O) groups is 2. The molecule has 5 nitrogen and oxygen atoms in total. The fraction of sp³-hybridized carbons (Fsp3) is 0.0870. The van der Waals surface area contributed by atoms with Crippen LogP contribution in [0.25, 0.3) is 5.76 Å². The van der Waals surface area contributed by atoms with E-state index in [1.54, 1.807) is 48.8 Å². The van der Waals surface area contributed by atoms with Crippen LogP contribution in [0.5, 0.6) is 0 Å². The third kappa shape index (κ3) is 3.69. The zero-order valence-corrected chi connectivity index (χ0v) is 16.4. The molecule has 1 N–H and O–H groups in total. The molecule has 30 heavy (non-hydrogen) atoms. The lowest BCUT2D eigenvalue weighted by atomic mass is 9.95. The van der Waals surface area contributed by atoms with Crippen molar-refractivity contribution in [1.29, 1.82) is 0 Å². The lowest BCUT2D eigenvalue weighted by Gasteiger charge is -2.25. The average Bonchev–Trinajstić information content (AvgIpc) is 3.00. The Morgan fingerprint density at radius 1 is 1.07 bits per heavy atom. The molecule has 2 aromatic carbocycles. The summed E-state index contributed by atoms with van der Waals surface area (Å²) in [7, 11) is 0. The highest BCUT2D eigenvalue weighted by molar-refractivity contribution is 6.46. The summed E-state index contributed by atoms with van der Waals surface area (Å²) in [6, 6.07) is 14.4. The third-order valence-electron chi connectivity index (χ3n) is 4.92. The molecule has 7 heteroatoms. The van der Waals surface area contributed by atoms with Crippen molar-refractivity contribution in [3.8, 4) is 0 Å². The van der Waals surface area contributed by atoms with E-state index in [4.69, 9.17) is 11.6 Å². The van der Waals surface area contributed by atoms with E-state index in [-0.39, 0.29) is 17.9 Å². The number of amides is 1. The SMILES string of the molecule is O=C1C(=O)N(Cc2cccnc2)[C@@H](c2ccc(F)cc2)/C1=C(\O)c1ccc(Cl)cc1. The van der Waals surface area contributed by atoms with Gasteiger partial charge in [0, 0.05) is 29.5 Å². The van der Waals surface area contributed by atoms with Gasteiger partial charge in [0.15, 0.2) is 0 Å². The van der Waals surface area contributed by atoms with Gasteiger partial charge in [-0.3, -0.25) is 14.6 Å². The highest BCUT2D eigenvalue weighted by atomic mass is 35.5. The summed E-state index contributed by atoms with van der Waals surface area (Å²) in [6.07, 6.45) is 3.20. The molecule has 1 aliphatic heterocycles. The van der Waals surface area contributed by atoms with Crippen LogP contribution in [0, 0.1) is 5.82 Å². The standard InChI is InChI=1S/C23H16ClFN2O3/c24-17-7-3-16(4-8-17)21(28)19-20(15-5-9-18(25)10-6-15)27(23(30)22(19)29)13-14-2-1-11-26-12-14/h1-12,20,28H,13H2/b21-19+/t20-/m0/s1. The molecule has 0 unspecified atom stereocenters. The van der Waals surface area contributed by atoms with Crippen LogP contribution in [0.2, 0.25) is 5.02 Å². The average molecular weight is 423 g/mol. The van der Waals surface area contributed by atoms with Gasteiger partial charge in [-0.2, -0.15) is 0 Å². The molecule has 1 fully saturated rings. The van der Waals surface area contributed by atoms with E-state index in [0.717, 1.165) is 5.56 Å². The molecule has 1 atom stereocenters. The zero-order valence-electron chi connectivity index (χ0n) is 15.6. The van der Waals surface area contributed by atoms with Crippen LogP contribution in [-0.2, 0) is 16.1 Å². The number of aliphatic hydroxyl groups excluding tert-OH is 1. The number of aliphatic hydroxyl groups is 1. The van der Waals surface area contributed by atoms with Gasteiger partial charge in [0.2, 0.25) is 0 Å². The monoisotopic (exact) mass is 422 g/mol. The molecule has 2 heterocycles. The van der Waals surface area contributed by atoms with Gasteiger partial charge in [-0.05, 0) is 53.6 Å². The fourth-order valence-electron chi connectivity index (χ4n) is 3.49. The molecule has 1 amide bonds. The quantitative estimate of drug-likeness (QED) is 0.382. The molecule has 3 aromatic rings. The van der Waals surface area contributed by atoms with E-state index in [9.17, 15) is 19.1 Å². The van der Waals surface area contributed by atoms with E-state index in [1.807, 2.05) is 0 Å². The van der Waals surface area contributed by atoms with Crippen LogP contribution in [0.1, 0.15) is 22.7 Å². The smallest absolute Gasteiger partial charge is 0.295 e. The topological polar surface area (TPSA) is 70.5 Å². The van der Waals surface area contributed by atoms with Gasteiger partial charge in [-0.1, -0.05) is 29.8 Å². The molecule has 1 aliphatic rings. The Morgan fingerprint density at radius 2 is 1.77 bits per heavy atom. The maximum Gasteiger partial charge on any atom is 0.295 e. The highest BCUT2D eigenvalue weighted by Crippen LogP contribution is 2.40. The number of hydrogen-bond donors (Lipinski definition) is 1. The summed E-state index contributed by atoms with van der Waals surface area (Å²) in [5.41, 5.74) is 1.52. The van der Waals surface area contributed by atoms with Crippen molar-refractivity contribution in [1.82, 2.24) is 9.88 Å². The van der Waals surface area contributed by atoms with E-state index in [2.05, 4.69) is 4.98 Å². The first-order chi connectivity index (χ1) is 14.5. The highest BCUT2D eigenvalue weighted by Gasteiger charge is 2.46. The van der Waals surface area contributed by atoms with Gasteiger partial charge >= 0.3 is 0 Å². The summed E-state index contributed by atoms with van der Waals surface area (Å²) < 4.78 is 13.5. The lowest BCUT2D eigenvalue weighted by Crippen LogP contribution is -2.29. The summed E-state index contributed by atoms with van der Waals surface area (Å²) in [6.45, 7) is 0.109. The Hall–Kier alpha value is -3.51. The number of carbonyl (C=O) groups excluding carboxylic acids is 2. The molecule has 0 bridgehead atoms.